The smallest absolute Gasteiger partial charge is 0.228 e. The minimum absolute atomic E-state index is 0.156. The SMILES string of the molecule is CC(C)C[C@@H](C(N)=O)C(=O)C(N)(N)Cc1ccccc1. The molecule has 0 bridgehead atoms. The normalized spacial score (nSPS) is 13.2. The lowest BCUT2D eigenvalue weighted by Gasteiger charge is -2.27. The molecule has 1 rings (SSSR count). The van der Waals surface area contributed by atoms with Gasteiger partial charge in [-0.25, -0.2) is 0 Å². The molecule has 1 aromatic carbocycles. The monoisotopic (exact) mass is 277 g/mol. The number of rotatable bonds is 7. The van der Waals surface area contributed by atoms with Crippen LogP contribution in [0.1, 0.15) is 25.8 Å². The molecule has 0 aliphatic carbocycles. The number of carbonyl (C=O) groups is 2. The van der Waals surface area contributed by atoms with Gasteiger partial charge in [0.25, 0.3) is 0 Å². The minimum atomic E-state index is -1.59. The molecule has 0 saturated heterocycles. The summed E-state index contributed by atoms with van der Waals surface area (Å²) in [5.74, 6) is -1.95. The molecule has 1 atom stereocenters. The third-order valence-corrected chi connectivity index (χ3v) is 3.17. The van der Waals surface area contributed by atoms with E-state index in [1.807, 2.05) is 44.2 Å². The molecule has 1 aromatic rings. The fraction of sp³-hybridized carbons (Fsp3) is 0.467. The molecule has 0 aliphatic rings. The van der Waals surface area contributed by atoms with E-state index in [2.05, 4.69) is 0 Å². The molecule has 1 amide bonds. The van der Waals surface area contributed by atoms with Crippen molar-refractivity contribution in [2.75, 3.05) is 0 Å². The van der Waals surface area contributed by atoms with Gasteiger partial charge in [-0.15, -0.1) is 0 Å². The Morgan fingerprint density at radius 3 is 2.15 bits per heavy atom. The first-order chi connectivity index (χ1) is 9.24. The van der Waals surface area contributed by atoms with Crippen LogP contribution in [0.15, 0.2) is 30.3 Å². The van der Waals surface area contributed by atoms with Gasteiger partial charge in [0.15, 0.2) is 5.78 Å². The quantitative estimate of drug-likeness (QED) is 0.499. The fourth-order valence-corrected chi connectivity index (χ4v) is 2.17. The fourth-order valence-electron chi connectivity index (χ4n) is 2.17. The lowest BCUT2D eigenvalue weighted by atomic mass is 9.84. The van der Waals surface area contributed by atoms with Crippen LogP contribution in [-0.4, -0.2) is 17.4 Å². The van der Waals surface area contributed by atoms with Gasteiger partial charge in [0, 0.05) is 6.42 Å². The Morgan fingerprint density at radius 2 is 1.70 bits per heavy atom. The zero-order valence-electron chi connectivity index (χ0n) is 12.0. The van der Waals surface area contributed by atoms with Gasteiger partial charge in [-0.05, 0) is 17.9 Å². The lowest BCUT2D eigenvalue weighted by Crippen LogP contribution is -2.61. The zero-order valence-corrected chi connectivity index (χ0v) is 12.0. The summed E-state index contributed by atoms with van der Waals surface area (Å²) in [6.45, 7) is 3.82. The van der Waals surface area contributed by atoms with E-state index in [0.717, 1.165) is 5.56 Å². The predicted octanol–water partition coefficient (Wildman–Crippen LogP) is 0.560. The van der Waals surface area contributed by atoms with Crippen molar-refractivity contribution in [2.45, 2.75) is 32.4 Å². The van der Waals surface area contributed by atoms with Crippen molar-refractivity contribution >= 4 is 11.7 Å². The van der Waals surface area contributed by atoms with Crippen LogP contribution in [0.5, 0.6) is 0 Å². The third-order valence-electron chi connectivity index (χ3n) is 3.17. The van der Waals surface area contributed by atoms with E-state index in [4.69, 9.17) is 17.2 Å². The maximum absolute atomic E-state index is 12.4. The number of benzene rings is 1. The van der Waals surface area contributed by atoms with E-state index in [-0.39, 0.29) is 12.3 Å². The highest BCUT2D eigenvalue weighted by atomic mass is 16.2. The van der Waals surface area contributed by atoms with E-state index in [0.29, 0.717) is 6.42 Å². The Hall–Kier alpha value is -1.72. The molecule has 6 N–H and O–H groups in total. The van der Waals surface area contributed by atoms with Gasteiger partial charge in [-0.3, -0.25) is 9.59 Å². The topological polar surface area (TPSA) is 112 Å². The van der Waals surface area contributed by atoms with Gasteiger partial charge in [0.1, 0.15) is 5.66 Å². The first-order valence-corrected chi connectivity index (χ1v) is 6.69. The number of ketones is 1. The standard InChI is InChI=1S/C15H23N3O2/c1-10(2)8-12(14(16)20)13(19)15(17,18)9-11-6-4-3-5-7-11/h3-7,10,12H,8-9,17-18H2,1-2H3,(H2,16,20)/t12-/m1/s1. The van der Waals surface area contributed by atoms with Gasteiger partial charge >= 0.3 is 0 Å². The number of primary amides is 1. The van der Waals surface area contributed by atoms with Crippen LogP contribution in [0, 0.1) is 11.8 Å². The lowest BCUT2D eigenvalue weighted by molar-refractivity contribution is -0.136. The molecule has 0 aromatic heterocycles. The van der Waals surface area contributed by atoms with Gasteiger partial charge in [-0.1, -0.05) is 44.2 Å². The average Bonchev–Trinajstić information content (AvgIpc) is 2.35. The highest BCUT2D eigenvalue weighted by Crippen LogP contribution is 2.18. The number of Topliss-reactive ketones (excluding diaryl/α,β-unsaturated/α-hetero) is 1. The number of hydrogen-bond donors (Lipinski definition) is 3. The molecule has 5 heteroatoms. The Labute approximate surface area is 119 Å². The van der Waals surface area contributed by atoms with Gasteiger partial charge < -0.3 is 17.2 Å². The van der Waals surface area contributed by atoms with Gasteiger partial charge in [-0.2, -0.15) is 0 Å². The van der Waals surface area contributed by atoms with Gasteiger partial charge in [0.2, 0.25) is 5.91 Å². The van der Waals surface area contributed by atoms with Crippen LogP contribution in [0.25, 0.3) is 0 Å². The van der Waals surface area contributed by atoms with E-state index in [1.54, 1.807) is 0 Å². The molecule has 0 aliphatic heterocycles. The van der Waals surface area contributed by atoms with Crippen LogP contribution >= 0.6 is 0 Å². The van der Waals surface area contributed by atoms with Crippen molar-refractivity contribution in [3.05, 3.63) is 35.9 Å². The maximum Gasteiger partial charge on any atom is 0.228 e. The minimum Gasteiger partial charge on any atom is -0.369 e. The number of hydrogen-bond acceptors (Lipinski definition) is 4. The average molecular weight is 277 g/mol. The molecule has 110 valence electrons. The number of nitrogens with two attached hydrogens (primary N) is 3. The van der Waals surface area contributed by atoms with Crippen molar-refractivity contribution in [2.24, 2.45) is 29.0 Å². The Balaban J connectivity index is 2.88. The van der Waals surface area contributed by atoms with Crippen molar-refractivity contribution in [1.82, 2.24) is 0 Å². The molecule has 5 nitrogen and oxygen atoms in total. The molecular weight excluding hydrogens is 254 g/mol. The molecule has 20 heavy (non-hydrogen) atoms. The zero-order chi connectivity index (χ0) is 15.3. The second-order valence-corrected chi connectivity index (χ2v) is 5.65. The van der Waals surface area contributed by atoms with E-state index < -0.39 is 23.3 Å². The van der Waals surface area contributed by atoms with Crippen LogP contribution < -0.4 is 17.2 Å². The summed E-state index contributed by atoms with van der Waals surface area (Å²) < 4.78 is 0. The van der Waals surface area contributed by atoms with Crippen LogP contribution in [0.4, 0.5) is 0 Å². The van der Waals surface area contributed by atoms with Crippen LogP contribution in [-0.2, 0) is 16.0 Å². The Kier molecular flexibility index (Phi) is 5.42. The van der Waals surface area contributed by atoms with E-state index >= 15 is 0 Å². The van der Waals surface area contributed by atoms with Crippen LogP contribution in [0.3, 0.4) is 0 Å². The predicted molar refractivity (Wildman–Crippen MR) is 78.4 cm³/mol. The van der Waals surface area contributed by atoms with Gasteiger partial charge in [0.05, 0.1) is 5.92 Å². The molecule has 0 heterocycles. The first-order valence-electron chi connectivity index (χ1n) is 6.69. The van der Waals surface area contributed by atoms with Crippen molar-refractivity contribution < 1.29 is 9.59 Å². The number of carbonyl (C=O) groups excluding carboxylic acids is 2. The van der Waals surface area contributed by atoms with Crippen LogP contribution in [0.2, 0.25) is 0 Å². The highest BCUT2D eigenvalue weighted by Gasteiger charge is 2.38. The molecule has 0 unspecified atom stereocenters. The van der Waals surface area contributed by atoms with E-state index in [9.17, 15) is 9.59 Å². The van der Waals surface area contributed by atoms with Crippen molar-refractivity contribution in [3.8, 4) is 0 Å². The Bertz CT molecular complexity index is 469. The maximum atomic E-state index is 12.4. The van der Waals surface area contributed by atoms with E-state index in [1.165, 1.54) is 0 Å². The summed E-state index contributed by atoms with van der Waals surface area (Å²) in [5, 5.41) is 0. The molecule has 0 radical (unpaired) electrons. The largest absolute Gasteiger partial charge is 0.369 e. The summed E-state index contributed by atoms with van der Waals surface area (Å²) in [7, 11) is 0. The highest BCUT2D eigenvalue weighted by molar-refractivity contribution is 6.05. The van der Waals surface area contributed by atoms with Crippen molar-refractivity contribution in [1.29, 1.82) is 0 Å². The summed E-state index contributed by atoms with van der Waals surface area (Å²) in [5.41, 5.74) is 16.4. The summed E-state index contributed by atoms with van der Waals surface area (Å²) in [6, 6.07) is 9.23. The molecule has 0 saturated carbocycles. The summed E-state index contributed by atoms with van der Waals surface area (Å²) in [4.78, 5) is 23.9. The number of amides is 1. The van der Waals surface area contributed by atoms with Crippen molar-refractivity contribution in [3.63, 3.8) is 0 Å². The third kappa shape index (κ3) is 4.43. The first kappa shape index (κ1) is 16.3. The second-order valence-electron chi connectivity index (χ2n) is 5.65. The summed E-state index contributed by atoms with van der Waals surface area (Å²) in [6.07, 6.45) is 0.535. The molecular formula is C15H23N3O2. The second kappa shape index (κ2) is 6.63. The molecule has 0 fully saturated rings. The Morgan fingerprint density at radius 1 is 1.15 bits per heavy atom. The molecule has 0 spiro atoms. The summed E-state index contributed by atoms with van der Waals surface area (Å²) >= 11 is 0.